The molecule has 1 N–H and O–H groups in total. The van der Waals surface area contributed by atoms with Crippen molar-refractivity contribution in [3.63, 3.8) is 0 Å². The number of hydrogen-bond donors (Lipinski definition) is 1. The Bertz CT molecular complexity index is 520. The maximum atomic E-state index is 12.5. The number of benzene rings is 1. The van der Waals surface area contributed by atoms with E-state index < -0.39 is 9.84 Å². The number of hydrogen-bond acceptors (Lipinski definition) is 3. The first kappa shape index (κ1) is 16.7. The average molecular weight is 348 g/mol. The van der Waals surface area contributed by atoms with Gasteiger partial charge in [0.25, 0.3) is 0 Å². The normalized spacial score (nSPS) is 14.4. The maximum absolute atomic E-state index is 12.5. The van der Waals surface area contributed by atoms with Crippen LogP contribution in [-0.4, -0.2) is 26.8 Å². The first-order valence-corrected chi connectivity index (χ1v) is 8.83. The summed E-state index contributed by atoms with van der Waals surface area (Å²) in [7, 11) is -3.30. The second kappa shape index (κ2) is 6.37. The molecule has 1 unspecified atom stereocenters. The number of rotatable bonds is 5. The minimum absolute atomic E-state index is 0.0744. The fraction of sp³-hybridized carbons (Fsp3) is 0.571. The van der Waals surface area contributed by atoms with Crippen LogP contribution in [0.15, 0.2) is 33.6 Å². The largest absolute Gasteiger partial charge is 0.313 e. The maximum Gasteiger partial charge on any atom is 0.181 e. The van der Waals surface area contributed by atoms with E-state index >= 15 is 0 Å². The Hall–Kier alpha value is -0.390. The SMILES string of the molecule is CCNC(CS(=O)(=O)c1ccccc1Br)C(C)(C)C. The first-order chi connectivity index (χ1) is 8.68. The van der Waals surface area contributed by atoms with Gasteiger partial charge < -0.3 is 5.32 Å². The van der Waals surface area contributed by atoms with Gasteiger partial charge in [0.2, 0.25) is 0 Å². The smallest absolute Gasteiger partial charge is 0.181 e. The monoisotopic (exact) mass is 347 g/mol. The Morgan fingerprint density at radius 3 is 2.32 bits per heavy atom. The van der Waals surface area contributed by atoms with Gasteiger partial charge in [-0.25, -0.2) is 8.42 Å². The van der Waals surface area contributed by atoms with E-state index in [-0.39, 0.29) is 17.2 Å². The molecular weight excluding hydrogens is 326 g/mol. The molecule has 0 aliphatic heterocycles. The Morgan fingerprint density at radius 1 is 1.26 bits per heavy atom. The van der Waals surface area contributed by atoms with Crippen molar-refractivity contribution in [3.8, 4) is 0 Å². The molecule has 0 bridgehead atoms. The van der Waals surface area contributed by atoms with Crippen molar-refractivity contribution in [1.82, 2.24) is 5.32 Å². The topological polar surface area (TPSA) is 46.2 Å². The van der Waals surface area contributed by atoms with Gasteiger partial charge in [0, 0.05) is 10.5 Å². The first-order valence-electron chi connectivity index (χ1n) is 6.39. The summed E-state index contributed by atoms with van der Waals surface area (Å²) >= 11 is 3.31. The number of nitrogens with one attached hydrogen (secondary N) is 1. The lowest BCUT2D eigenvalue weighted by atomic mass is 9.88. The molecule has 5 heteroatoms. The summed E-state index contributed by atoms with van der Waals surface area (Å²) in [6, 6.07) is 6.89. The summed E-state index contributed by atoms with van der Waals surface area (Å²) in [6.45, 7) is 8.90. The Balaban J connectivity index is 3.05. The molecule has 0 radical (unpaired) electrons. The fourth-order valence-electron chi connectivity index (χ4n) is 1.87. The van der Waals surface area contributed by atoms with Gasteiger partial charge in [0.1, 0.15) is 0 Å². The van der Waals surface area contributed by atoms with Crippen LogP contribution in [0.4, 0.5) is 0 Å². The highest BCUT2D eigenvalue weighted by Gasteiger charge is 2.30. The second-order valence-corrected chi connectivity index (χ2v) is 8.55. The molecule has 1 aromatic carbocycles. The van der Waals surface area contributed by atoms with Gasteiger partial charge in [-0.15, -0.1) is 0 Å². The lowest BCUT2D eigenvalue weighted by molar-refractivity contribution is 0.292. The molecule has 108 valence electrons. The number of halogens is 1. The van der Waals surface area contributed by atoms with Crippen molar-refractivity contribution in [2.45, 2.75) is 38.6 Å². The van der Waals surface area contributed by atoms with Crippen molar-refractivity contribution in [3.05, 3.63) is 28.7 Å². The van der Waals surface area contributed by atoms with E-state index in [0.29, 0.717) is 9.37 Å². The minimum Gasteiger partial charge on any atom is -0.313 e. The third-order valence-corrected chi connectivity index (χ3v) is 5.81. The highest BCUT2D eigenvalue weighted by atomic mass is 79.9. The zero-order valence-electron chi connectivity index (χ0n) is 11.9. The molecular formula is C14H22BrNO2S. The Labute approximate surface area is 124 Å². The molecule has 0 aromatic heterocycles. The highest BCUT2D eigenvalue weighted by Crippen LogP contribution is 2.27. The molecule has 1 aromatic rings. The molecule has 0 saturated heterocycles. The molecule has 3 nitrogen and oxygen atoms in total. The van der Waals surface area contributed by atoms with Crippen LogP contribution in [0, 0.1) is 5.41 Å². The summed E-state index contributed by atoms with van der Waals surface area (Å²) < 4.78 is 25.7. The molecule has 19 heavy (non-hydrogen) atoms. The molecule has 0 fully saturated rings. The van der Waals surface area contributed by atoms with Crippen LogP contribution in [0.5, 0.6) is 0 Å². The van der Waals surface area contributed by atoms with Gasteiger partial charge in [-0.1, -0.05) is 39.8 Å². The highest BCUT2D eigenvalue weighted by molar-refractivity contribution is 9.10. The van der Waals surface area contributed by atoms with Gasteiger partial charge in [0.15, 0.2) is 9.84 Å². The molecule has 0 saturated carbocycles. The molecule has 0 heterocycles. The van der Waals surface area contributed by atoms with Crippen LogP contribution in [-0.2, 0) is 9.84 Å². The van der Waals surface area contributed by atoms with Crippen LogP contribution in [0.1, 0.15) is 27.7 Å². The predicted octanol–water partition coefficient (Wildman–Crippen LogP) is 3.25. The van der Waals surface area contributed by atoms with Crippen molar-refractivity contribution < 1.29 is 8.42 Å². The van der Waals surface area contributed by atoms with E-state index in [1.165, 1.54) is 0 Å². The molecule has 1 atom stereocenters. The number of sulfone groups is 1. The average Bonchev–Trinajstić information content (AvgIpc) is 2.27. The summed E-state index contributed by atoms with van der Waals surface area (Å²) in [5, 5.41) is 3.27. The Kier molecular flexibility index (Phi) is 5.59. The van der Waals surface area contributed by atoms with E-state index in [2.05, 4.69) is 42.0 Å². The summed E-state index contributed by atoms with van der Waals surface area (Å²) in [4.78, 5) is 0.363. The van der Waals surface area contributed by atoms with E-state index in [0.717, 1.165) is 6.54 Å². The van der Waals surface area contributed by atoms with Crippen LogP contribution < -0.4 is 5.32 Å². The van der Waals surface area contributed by atoms with Crippen molar-refractivity contribution >= 4 is 25.8 Å². The third kappa shape index (κ3) is 4.58. The molecule has 0 aliphatic carbocycles. The van der Waals surface area contributed by atoms with Gasteiger partial charge in [-0.05, 0) is 40.0 Å². The third-order valence-electron chi connectivity index (χ3n) is 3.05. The van der Waals surface area contributed by atoms with Gasteiger partial charge >= 0.3 is 0 Å². The molecule has 0 aliphatic rings. The molecule has 0 spiro atoms. The van der Waals surface area contributed by atoms with Gasteiger partial charge in [0.05, 0.1) is 10.6 Å². The molecule has 1 rings (SSSR count). The van der Waals surface area contributed by atoms with Crippen LogP contribution >= 0.6 is 15.9 Å². The van der Waals surface area contributed by atoms with Gasteiger partial charge in [-0.2, -0.15) is 0 Å². The van der Waals surface area contributed by atoms with E-state index in [1.54, 1.807) is 18.2 Å². The van der Waals surface area contributed by atoms with Crippen molar-refractivity contribution in [2.24, 2.45) is 5.41 Å². The zero-order valence-corrected chi connectivity index (χ0v) is 14.3. The Morgan fingerprint density at radius 2 is 1.84 bits per heavy atom. The van der Waals surface area contributed by atoms with Crippen LogP contribution in [0.2, 0.25) is 0 Å². The van der Waals surface area contributed by atoms with Crippen molar-refractivity contribution in [1.29, 1.82) is 0 Å². The van der Waals surface area contributed by atoms with Crippen LogP contribution in [0.3, 0.4) is 0 Å². The summed E-state index contributed by atoms with van der Waals surface area (Å²) in [6.07, 6.45) is 0. The van der Waals surface area contributed by atoms with Crippen molar-refractivity contribution in [2.75, 3.05) is 12.3 Å². The standard InChI is InChI=1S/C14H22BrNO2S/c1-5-16-13(14(2,3)4)10-19(17,18)12-9-7-6-8-11(12)15/h6-9,13,16H,5,10H2,1-4H3. The van der Waals surface area contributed by atoms with E-state index in [1.807, 2.05) is 13.0 Å². The lowest BCUT2D eigenvalue weighted by Gasteiger charge is -2.31. The van der Waals surface area contributed by atoms with E-state index in [4.69, 9.17) is 0 Å². The quantitative estimate of drug-likeness (QED) is 0.889. The lowest BCUT2D eigenvalue weighted by Crippen LogP contribution is -2.45. The second-order valence-electron chi connectivity index (χ2n) is 5.69. The minimum atomic E-state index is -3.30. The molecule has 0 amide bonds. The predicted molar refractivity (Wildman–Crippen MR) is 83.1 cm³/mol. The fourth-order valence-corrected chi connectivity index (χ4v) is 4.78. The summed E-state index contributed by atoms with van der Waals surface area (Å²) in [5.74, 6) is 0.104. The van der Waals surface area contributed by atoms with E-state index in [9.17, 15) is 8.42 Å². The summed E-state index contributed by atoms with van der Waals surface area (Å²) in [5.41, 5.74) is -0.107. The zero-order chi connectivity index (χ0) is 14.7. The van der Waals surface area contributed by atoms with Crippen LogP contribution in [0.25, 0.3) is 0 Å². The van der Waals surface area contributed by atoms with Gasteiger partial charge in [-0.3, -0.25) is 0 Å².